The Hall–Kier alpha value is -1.46. The quantitative estimate of drug-likeness (QED) is 0.818. The van der Waals surface area contributed by atoms with E-state index in [2.05, 4.69) is 17.4 Å². The summed E-state index contributed by atoms with van der Waals surface area (Å²) in [7, 11) is 0. The molecule has 5 heteroatoms. The third-order valence-corrected chi connectivity index (χ3v) is 4.21. The minimum absolute atomic E-state index is 0.379. The molecule has 2 N–H and O–H groups in total. The lowest BCUT2D eigenvalue weighted by molar-refractivity contribution is 0.0702. The summed E-state index contributed by atoms with van der Waals surface area (Å²) in [5, 5.41) is 12.1. The van der Waals surface area contributed by atoms with E-state index >= 15 is 0 Å². The Labute approximate surface area is 114 Å². The molecule has 1 heterocycles. The Morgan fingerprint density at radius 3 is 2.89 bits per heavy atom. The number of thioether (sulfide) groups is 1. The van der Waals surface area contributed by atoms with Gasteiger partial charge in [0.25, 0.3) is 0 Å². The number of benzene rings is 1. The average Bonchev–Trinajstić information content (AvgIpc) is 2.85. The molecule has 0 radical (unpaired) electrons. The first kappa shape index (κ1) is 13.0. The van der Waals surface area contributed by atoms with Crippen molar-refractivity contribution >= 4 is 34.8 Å². The first-order chi connectivity index (χ1) is 8.69. The maximum Gasteiger partial charge on any atom is 0.345 e. The molecule has 1 aromatic carbocycles. The summed E-state index contributed by atoms with van der Waals surface area (Å²) < 4.78 is 0. The molecule has 0 aliphatic carbocycles. The van der Waals surface area contributed by atoms with Gasteiger partial charge in [0.1, 0.15) is 4.88 Å². The maximum absolute atomic E-state index is 10.8. The van der Waals surface area contributed by atoms with Crippen molar-refractivity contribution in [2.75, 3.05) is 11.6 Å². The molecule has 0 unspecified atom stereocenters. The lowest BCUT2D eigenvalue weighted by Gasteiger charge is -2.05. The van der Waals surface area contributed by atoms with Gasteiger partial charge in [-0.25, -0.2) is 4.79 Å². The highest BCUT2D eigenvalue weighted by Gasteiger charge is 2.06. The molecule has 1 aromatic heterocycles. The van der Waals surface area contributed by atoms with Crippen molar-refractivity contribution in [3.63, 3.8) is 0 Å². The van der Waals surface area contributed by atoms with Crippen LogP contribution in [0.15, 0.2) is 41.3 Å². The minimum atomic E-state index is -0.865. The lowest BCUT2D eigenvalue weighted by atomic mass is 10.3. The third kappa shape index (κ3) is 3.27. The fourth-order valence-corrected chi connectivity index (χ4v) is 2.76. The largest absolute Gasteiger partial charge is 0.477 e. The number of thiophene rings is 1. The van der Waals surface area contributed by atoms with Crippen LogP contribution < -0.4 is 5.32 Å². The molecule has 0 amide bonds. The summed E-state index contributed by atoms with van der Waals surface area (Å²) in [4.78, 5) is 13.4. The van der Waals surface area contributed by atoms with Crippen LogP contribution >= 0.6 is 23.1 Å². The highest BCUT2D eigenvalue weighted by Crippen LogP contribution is 2.21. The van der Waals surface area contributed by atoms with Gasteiger partial charge in [-0.1, -0.05) is 6.07 Å². The van der Waals surface area contributed by atoms with Crippen LogP contribution in [0.2, 0.25) is 0 Å². The zero-order chi connectivity index (χ0) is 13.0. The molecule has 0 aliphatic rings. The van der Waals surface area contributed by atoms with E-state index in [-0.39, 0.29) is 0 Å². The number of aromatic carboxylic acids is 1. The summed E-state index contributed by atoms with van der Waals surface area (Å²) in [6.07, 6.45) is 2.04. The normalized spacial score (nSPS) is 10.3. The molecule has 18 heavy (non-hydrogen) atoms. The van der Waals surface area contributed by atoms with E-state index in [1.807, 2.05) is 24.5 Å². The highest BCUT2D eigenvalue weighted by molar-refractivity contribution is 7.98. The number of nitrogens with one attached hydrogen (secondary N) is 1. The number of hydrogen-bond acceptors (Lipinski definition) is 4. The van der Waals surface area contributed by atoms with Crippen molar-refractivity contribution < 1.29 is 9.90 Å². The average molecular weight is 279 g/mol. The predicted octanol–water partition coefficient (Wildman–Crippen LogP) is 3.78. The van der Waals surface area contributed by atoms with Crippen molar-refractivity contribution in [1.82, 2.24) is 0 Å². The smallest absolute Gasteiger partial charge is 0.345 e. The van der Waals surface area contributed by atoms with Crippen molar-refractivity contribution in [3.05, 3.63) is 46.2 Å². The number of carboxylic acid groups (broad SMARTS) is 1. The number of hydrogen-bond donors (Lipinski definition) is 2. The molecule has 2 rings (SSSR count). The minimum Gasteiger partial charge on any atom is -0.477 e. The second-order valence-electron chi connectivity index (χ2n) is 3.66. The van der Waals surface area contributed by atoms with Crippen molar-refractivity contribution in [3.8, 4) is 0 Å². The Bertz CT molecular complexity index is 551. The maximum atomic E-state index is 10.8. The summed E-state index contributed by atoms with van der Waals surface area (Å²) in [6, 6.07) is 11.6. The molecular weight excluding hydrogens is 266 g/mol. The number of carbonyl (C=O) groups is 1. The van der Waals surface area contributed by atoms with Crippen molar-refractivity contribution in [2.24, 2.45) is 0 Å². The monoisotopic (exact) mass is 279 g/mol. The Kier molecular flexibility index (Phi) is 4.28. The van der Waals surface area contributed by atoms with Crippen LogP contribution in [-0.4, -0.2) is 17.3 Å². The van der Waals surface area contributed by atoms with Crippen LogP contribution in [0.5, 0.6) is 0 Å². The van der Waals surface area contributed by atoms with E-state index < -0.39 is 5.97 Å². The van der Waals surface area contributed by atoms with E-state index in [0.29, 0.717) is 11.4 Å². The molecule has 0 aliphatic heterocycles. The topological polar surface area (TPSA) is 49.3 Å². The Balaban J connectivity index is 1.99. The SMILES string of the molecule is CSc1cccc(NCc2ccc(C(=O)O)s2)c1. The molecule has 2 aromatic rings. The summed E-state index contributed by atoms with van der Waals surface area (Å²) in [5.41, 5.74) is 1.05. The van der Waals surface area contributed by atoms with Gasteiger partial charge in [0.2, 0.25) is 0 Å². The molecule has 3 nitrogen and oxygen atoms in total. The molecule has 0 spiro atoms. The second-order valence-corrected chi connectivity index (χ2v) is 5.70. The van der Waals surface area contributed by atoms with Gasteiger partial charge in [-0.2, -0.15) is 0 Å². The highest BCUT2D eigenvalue weighted by atomic mass is 32.2. The predicted molar refractivity (Wildman–Crippen MR) is 76.8 cm³/mol. The number of anilines is 1. The van der Waals surface area contributed by atoms with Crippen LogP contribution in [0.25, 0.3) is 0 Å². The van der Waals surface area contributed by atoms with Gasteiger partial charge in [-0.15, -0.1) is 23.1 Å². The number of carboxylic acids is 1. The lowest BCUT2D eigenvalue weighted by Crippen LogP contribution is -1.97. The van der Waals surface area contributed by atoms with Gasteiger partial charge in [0.05, 0.1) is 0 Å². The standard InChI is InChI=1S/C13H13NO2S2/c1-17-10-4-2-3-9(7-10)14-8-11-5-6-12(18-11)13(15)16/h2-7,14H,8H2,1H3,(H,15,16). The van der Waals surface area contributed by atoms with Gasteiger partial charge in [0, 0.05) is 22.0 Å². The summed E-state index contributed by atoms with van der Waals surface area (Å²) in [5.74, 6) is -0.865. The first-order valence-electron chi connectivity index (χ1n) is 5.39. The van der Waals surface area contributed by atoms with Crippen LogP contribution in [0.1, 0.15) is 14.5 Å². The Morgan fingerprint density at radius 1 is 1.39 bits per heavy atom. The van der Waals surface area contributed by atoms with E-state index in [1.165, 1.54) is 16.2 Å². The molecule has 0 saturated heterocycles. The first-order valence-corrected chi connectivity index (χ1v) is 7.43. The molecule has 0 bridgehead atoms. The zero-order valence-corrected chi connectivity index (χ0v) is 11.5. The number of rotatable bonds is 5. The summed E-state index contributed by atoms with van der Waals surface area (Å²) >= 11 is 3.00. The zero-order valence-electron chi connectivity index (χ0n) is 9.84. The molecular formula is C13H13NO2S2. The van der Waals surface area contributed by atoms with Gasteiger partial charge in [-0.05, 0) is 36.6 Å². The summed E-state index contributed by atoms with van der Waals surface area (Å²) in [6.45, 7) is 0.649. The van der Waals surface area contributed by atoms with Crippen LogP contribution in [-0.2, 0) is 6.54 Å². The molecule has 94 valence electrons. The molecule has 0 saturated carbocycles. The fourth-order valence-electron chi connectivity index (χ4n) is 1.51. The Morgan fingerprint density at radius 2 is 2.22 bits per heavy atom. The van der Waals surface area contributed by atoms with Gasteiger partial charge in [0.15, 0.2) is 0 Å². The van der Waals surface area contributed by atoms with Crippen molar-refractivity contribution in [1.29, 1.82) is 0 Å². The van der Waals surface area contributed by atoms with Gasteiger partial charge < -0.3 is 10.4 Å². The fraction of sp³-hybridized carbons (Fsp3) is 0.154. The van der Waals surface area contributed by atoms with Crippen LogP contribution in [0.3, 0.4) is 0 Å². The van der Waals surface area contributed by atoms with E-state index in [4.69, 9.17) is 5.11 Å². The molecule has 0 atom stereocenters. The second kappa shape index (κ2) is 5.93. The van der Waals surface area contributed by atoms with Crippen molar-refractivity contribution in [2.45, 2.75) is 11.4 Å². The third-order valence-electron chi connectivity index (χ3n) is 2.41. The van der Waals surface area contributed by atoms with E-state index in [9.17, 15) is 4.79 Å². The van der Waals surface area contributed by atoms with Gasteiger partial charge in [-0.3, -0.25) is 0 Å². The molecule has 0 fully saturated rings. The van der Waals surface area contributed by atoms with Crippen LogP contribution in [0.4, 0.5) is 5.69 Å². The van der Waals surface area contributed by atoms with Crippen LogP contribution in [0, 0.1) is 0 Å². The van der Waals surface area contributed by atoms with E-state index in [0.717, 1.165) is 10.6 Å². The van der Waals surface area contributed by atoms with Gasteiger partial charge >= 0.3 is 5.97 Å². The van der Waals surface area contributed by atoms with E-state index in [1.54, 1.807) is 17.8 Å².